The van der Waals surface area contributed by atoms with E-state index in [0.717, 1.165) is 22.4 Å². The molecule has 0 aliphatic rings. The van der Waals surface area contributed by atoms with Gasteiger partial charge in [-0.05, 0) is 47.9 Å². The van der Waals surface area contributed by atoms with Crippen LogP contribution in [0.25, 0.3) is 11.1 Å². The molecule has 0 bridgehead atoms. The van der Waals surface area contributed by atoms with Crippen molar-refractivity contribution in [2.75, 3.05) is 12.4 Å². The lowest BCUT2D eigenvalue weighted by atomic mass is 9.98. The minimum Gasteiger partial charge on any atom is -0.465 e. The lowest BCUT2D eigenvalue weighted by Crippen LogP contribution is -2.09. The van der Waals surface area contributed by atoms with E-state index in [1.54, 1.807) is 6.07 Å². The Labute approximate surface area is 130 Å². The minimum atomic E-state index is -0.354. The highest BCUT2D eigenvalue weighted by atomic mass is 16.5. The van der Waals surface area contributed by atoms with Gasteiger partial charge in [0.25, 0.3) is 0 Å². The summed E-state index contributed by atoms with van der Waals surface area (Å²) in [4.78, 5) is 23.0. The fourth-order valence-electron chi connectivity index (χ4n) is 2.16. The number of nitrogens with one attached hydrogen (secondary N) is 1. The van der Waals surface area contributed by atoms with Crippen molar-refractivity contribution in [3.63, 3.8) is 0 Å². The number of anilines is 1. The predicted octanol–water partition coefficient (Wildman–Crippen LogP) is 3.80. The van der Waals surface area contributed by atoms with Crippen molar-refractivity contribution < 1.29 is 14.3 Å². The lowest BCUT2D eigenvalue weighted by molar-refractivity contribution is -0.115. The Bertz CT molecular complexity index is 690. The largest absolute Gasteiger partial charge is 0.465 e. The van der Waals surface area contributed by atoms with Gasteiger partial charge in [-0.15, -0.1) is 0 Å². The van der Waals surface area contributed by atoms with E-state index in [2.05, 4.69) is 5.32 Å². The summed E-state index contributed by atoms with van der Waals surface area (Å²) in [7, 11) is 1.37. The second-order valence-corrected chi connectivity index (χ2v) is 5.00. The second kappa shape index (κ2) is 6.89. The average Bonchev–Trinajstić information content (AvgIpc) is 2.55. The smallest absolute Gasteiger partial charge is 0.337 e. The van der Waals surface area contributed by atoms with E-state index in [4.69, 9.17) is 4.74 Å². The number of methoxy groups -OCH3 is 1. The quantitative estimate of drug-likeness (QED) is 0.873. The van der Waals surface area contributed by atoms with Gasteiger partial charge in [-0.1, -0.05) is 25.1 Å². The van der Waals surface area contributed by atoms with Gasteiger partial charge in [0.15, 0.2) is 0 Å². The molecular weight excluding hydrogens is 278 g/mol. The van der Waals surface area contributed by atoms with Crippen molar-refractivity contribution in [1.82, 2.24) is 0 Å². The van der Waals surface area contributed by atoms with Crippen LogP contribution in [0.5, 0.6) is 0 Å². The number of amides is 1. The number of carbonyl (C=O) groups excluding carboxylic acids is 2. The number of hydrogen-bond donors (Lipinski definition) is 1. The van der Waals surface area contributed by atoms with E-state index in [1.165, 1.54) is 7.11 Å². The van der Waals surface area contributed by atoms with Crippen molar-refractivity contribution in [2.45, 2.75) is 20.3 Å². The summed E-state index contributed by atoms with van der Waals surface area (Å²) in [6, 6.07) is 13.0. The summed E-state index contributed by atoms with van der Waals surface area (Å²) in [5.74, 6) is -0.371. The topological polar surface area (TPSA) is 55.4 Å². The molecule has 1 amide bonds. The van der Waals surface area contributed by atoms with Crippen LogP contribution in [0.4, 0.5) is 5.69 Å². The molecule has 0 saturated carbocycles. The molecule has 0 heterocycles. The SMILES string of the molecule is CCC(=O)Nc1ccc(-c2cc(C(=O)OC)ccc2C)cc1. The molecule has 114 valence electrons. The van der Waals surface area contributed by atoms with Gasteiger partial charge in [-0.2, -0.15) is 0 Å². The first-order valence-corrected chi connectivity index (χ1v) is 7.14. The molecule has 1 N–H and O–H groups in total. The monoisotopic (exact) mass is 297 g/mol. The standard InChI is InChI=1S/C18H19NO3/c1-4-17(20)19-15-9-7-13(8-10-15)16-11-14(18(21)22-3)6-5-12(16)2/h5-11H,4H2,1-3H3,(H,19,20). The maximum absolute atomic E-state index is 11.6. The molecule has 0 atom stereocenters. The average molecular weight is 297 g/mol. The van der Waals surface area contributed by atoms with Gasteiger partial charge in [0.05, 0.1) is 12.7 Å². The number of carbonyl (C=O) groups is 2. The number of rotatable bonds is 4. The third-order valence-corrected chi connectivity index (χ3v) is 3.46. The van der Waals surface area contributed by atoms with E-state index < -0.39 is 0 Å². The Morgan fingerprint density at radius 2 is 1.77 bits per heavy atom. The Kier molecular flexibility index (Phi) is 4.94. The molecule has 0 unspecified atom stereocenters. The first kappa shape index (κ1) is 15.8. The first-order chi connectivity index (χ1) is 10.5. The summed E-state index contributed by atoms with van der Waals surface area (Å²) in [6.45, 7) is 3.80. The molecule has 2 rings (SSSR count). The molecule has 4 heteroatoms. The lowest BCUT2D eigenvalue weighted by Gasteiger charge is -2.10. The molecule has 4 nitrogen and oxygen atoms in total. The summed E-state index contributed by atoms with van der Waals surface area (Å²) in [5.41, 5.74) is 4.30. The zero-order valence-corrected chi connectivity index (χ0v) is 13.0. The van der Waals surface area contributed by atoms with Gasteiger partial charge in [-0.25, -0.2) is 4.79 Å². The van der Waals surface area contributed by atoms with E-state index in [-0.39, 0.29) is 11.9 Å². The van der Waals surface area contributed by atoms with Crippen molar-refractivity contribution in [3.8, 4) is 11.1 Å². The zero-order chi connectivity index (χ0) is 16.1. The van der Waals surface area contributed by atoms with Crippen LogP contribution < -0.4 is 5.32 Å². The second-order valence-electron chi connectivity index (χ2n) is 5.00. The normalized spacial score (nSPS) is 10.1. The molecule has 22 heavy (non-hydrogen) atoms. The predicted molar refractivity (Wildman–Crippen MR) is 86.9 cm³/mol. The third-order valence-electron chi connectivity index (χ3n) is 3.46. The highest BCUT2D eigenvalue weighted by Crippen LogP contribution is 2.26. The van der Waals surface area contributed by atoms with Gasteiger partial charge in [0, 0.05) is 12.1 Å². The Morgan fingerprint density at radius 1 is 1.09 bits per heavy atom. The maximum Gasteiger partial charge on any atom is 0.337 e. The fourth-order valence-corrected chi connectivity index (χ4v) is 2.16. The molecule has 0 saturated heterocycles. The summed E-state index contributed by atoms with van der Waals surface area (Å²) in [6.07, 6.45) is 0.446. The van der Waals surface area contributed by atoms with Gasteiger partial charge < -0.3 is 10.1 Å². The van der Waals surface area contributed by atoms with E-state index in [9.17, 15) is 9.59 Å². The molecular formula is C18H19NO3. The number of ether oxygens (including phenoxy) is 1. The van der Waals surface area contributed by atoms with Crippen LogP contribution >= 0.6 is 0 Å². The van der Waals surface area contributed by atoms with Crippen LogP contribution in [-0.2, 0) is 9.53 Å². The van der Waals surface area contributed by atoms with Gasteiger partial charge in [0.2, 0.25) is 5.91 Å². The van der Waals surface area contributed by atoms with Crippen LogP contribution in [0.3, 0.4) is 0 Å². The highest BCUT2D eigenvalue weighted by molar-refractivity contribution is 5.92. The number of esters is 1. The minimum absolute atomic E-state index is 0.0170. The summed E-state index contributed by atoms with van der Waals surface area (Å²) >= 11 is 0. The van der Waals surface area contributed by atoms with Crippen LogP contribution in [0, 0.1) is 6.92 Å². The van der Waals surface area contributed by atoms with E-state index in [0.29, 0.717) is 12.0 Å². The molecule has 0 aromatic heterocycles. The van der Waals surface area contributed by atoms with Crippen LogP contribution in [0.1, 0.15) is 29.3 Å². The summed E-state index contributed by atoms with van der Waals surface area (Å²) < 4.78 is 4.76. The van der Waals surface area contributed by atoms with Gasteiger partial charge in [0.1, 0.15) is 0 Å². The van der Waals surface area contributed by atoms with E-state index >= 15 is 0 Å². The summed E-state index contributed by atoms with van der Waals surface area (Å²) in [5, 5.41) is 2.81. The molecule has 0 aliphatic carbocycles. The molecule has 0 fully saturated rings. The molecule has 0 spiro atoms. The van der Waals surface area contributed by atoms with Gasteiger partial charge in [-0.3, -0.25) is 4.79 Å². The Morgan fingerprint density at radius 3 is 2.36 bits per heavy atom. The number of hydrogen-bond acceptors (Lipinski definition) is 3. The molecule has 2 aromatic rings. The van der Waals surface area contributed by atoms with Gasteiger partial charge >= 0.3 is 5.97 Å². The first-order valence-electron chi connectivity index (χ1n) is 7.14. The van der Waals surface area contributed by atoms with Crippen molar-refractivity contribution in [2.24, 2.45) is 0 Å². The number of benzene rings is 2. The zero-order valence-electron chi connectivity index (χ0n) is 13.0. The van der Waals surface area contributed by atoms with Crippen LogP contribution in [-0.4, -0.2) is 19.0 Å². The van der Waals surface area contributed by atoms with Crippen molar-refractivity contribution in [1.29, 1.82) is 0 Å². The third kappa shape index (κ3) is 3.52. The molecule has 2 aromatic carbocycles. The molecule has 0 aliphatic heterocycles. The van der Waals surface area contributed by atoms with Crippen LogP contribution in [0.15, 0.2) is 42.5 Å². The van der Waals surface area contributed by atoms with E-state index in [1.807, 2.05) is 50.2 Å². The van der Waals surface area contributed by atoms with Crippen molar-refractivity contribution >= 4 is 17.6 Å². The van der Waals surface area contributed by atoms with Crippen LogP contribution in [0.2, 0.25) is 0 Å². The maximum atomic E-state index is 11.6. The Hall–Kier alpha value is -2.62. The Balaban J connectivity index is 2.31. The number of aryl methyl sites for hydroxylation is 1. The molecule has 0 radical (unpaired) electrons. The van der Waals surface area contributed by atoms with Crippen molar-refractivity contribution in [3.05, 3.63) is 53.6 Å². The fraction of sp³-hybridized carbons (Fsp3) is 0.222. The highest BCUT2D eigenvalue weighted by Gasteiger charge is 2.09.